The molecule has 1 atom stereocenters. The van der Waals surface area contributed by atoms with E-state index in [1.54, 1.807) is 17.0 Å². The van der Waals surface area contributed by atoms with Crippen LogP contribution in [0.4, 0.5) is 14.9 Å². The van der Waals surface area contributed by atoms with Gasteiger partial charge in [-0.2, -0.15) is 0 Å². The van der Waals surface area contributed by atoms with Crippen molar-refractivity contribution in [3.05, 3.63) is 66.0 Å². The van der Waals surface area contributed by atoms with Crippen LogP contribution in [0.25, 0.3) is 0 Å². The summed E-state index contributed by atoms with van der Waals surface area (Å²) < 4.78 is 13.3. The van der Waals surface area contributed by atoms with Crippen LogP contribution in [0.5, 0.6) is 0 Å². The van der Waals surface area contributed by atoms with E-state index in [9.17, 15) is 14.3 Å². The molecule has 1 aliphatic carbocycles. The van der Waals surface area contributed by atoms with Gasteiger partial charge in [0.05, 0.1) is 12.6 Å². The quantitative estimate of drug-likeness (QED) is 0.851. The Kier molecular flexibility index (Phi) is 5.11. The Balaban J connectivity index is 1.78. The smallest absolute Gasteiger partial charge is 0.322 e. The Morgan fingerprint density at radius 2 is 1.96 bits per heavy atom. The lowest BCUT2D eigenvalue weighted by molar-refractivity contribution is 0.124. The largest absolute Gasteiger partial charge is 0.394 e. The predicted molar refractivity (Wildman–Crippen MR) is 91.0 cm³/mol. The van der Waals surface area contributed by atoms with Crippen molar-refractivity contribution in [1.82, 2.24) is 4.90 Å². The van der Waals surface area contributed by atoms with Gasteiger partial charge in [0.1, 0.15) is 5.82 Å². The van der Waals surface area contributed by atoms with Crippen molar-refractivity contribution in [3.63, 3.8) is 0 Å². The molecule has 0 heterocycles. The van der Waals surface area contributed by atoms with E-state index in [0.717, 1.165) is 18.4 Å². The molecule has 1 aliphatic rings. The van der Waals surface area contributed by atoms with Crippen LogP contribution in [0.3, 0.4) is 0 Å². The fraction of sp³-hybridized carbons (Fsp3) is 0.316. The predicted octanol–water partition coefficient (Wildman–Crippen LogP) is 3.63. The van der Waals surface area contributed by atoms with Gasteiger partial charge in [-0.05, 0) is 42.5 Å². The van der Waals surface area contributed by atoms with Gasteiger partial charge in [0.2, 0.25) is 0 Å². The number of anilines is 1. The van der Waals surface area contributed by atoms with E-state index in [0.29, 0.717) is 18.2 Å². The van der Waals surface area contributed by atoms with Crippen LogP contribution in [0, 0.1) is 11.7 Å². The van der Waals surface area contributed by atoms with Crippen LogP contribution >= 0.6 is 0 Å². The molecule has 1 fully saturated rings. The highest BCUT2D eigenvalue weighted by atomic mass is 19.1. The molecule has 2 amide bonds. The maximum Gasteiger partial charge on any atom is 0.322 e. The first kappa shape index (κ1) is 16.5. The molecule has 4 nitrogen and oxygen atoms in total. The SMILES string of the molecule is O=C(Nc1cccc(F)c1)N(Cc1ccccc1)C(CO)C1CC1. The number of benzene rings is 2. The van der Waals surface area contributed by atoms with Gasteiger partial charge in [-0.3, -0.25) is 0 Å². The minimum atomic E-state index is -0.400. The van der Waals surface area contributed by atoms with Crippen LogP contribution in [0.15, 0.2) is 54.6 Å². The second-order valence-electron chi connectivity index (χ2n) is 6.14. The van der Waals surface area contributed by atoms with Gasteiger partial charge in [0.15, 0.2) is 0 Å². The summed E-state index contributed by atoms with van der Waals surface area (Å²) in [4.78, 5) is 14.4. The van der Waals surface area contributed by atoms with Crippen molar-refractivity contribution in [1.29, 1.82) is 0 Å². The van der Waals surface area contributed by atoms with Gasteiger partial charge >= 0.3 is 6.03 Å². The Hall–Kier alpha value is -2.40. The van der Waals surface area contributed by atoms with Crippen molar-refractivity contribution in [3.8, 4) is 0 Å². The maximum absolute atomic E-state index is 13.3. The van der Waals surface area contributed by atoms with E-state index in [1.807, 2.05) is 30.3 Å². The average molecular weight is 328 g/mol. The summed E-state index contributed by atoms with van der Waals surface area (Å²) in [6, 6.07) is 14.9. The molecular formula is C19H21FN2O2. The van der Waals surface area contributed by atoms with E-state index < -0.39 is 5.82 Å². The first-order valence-electron chi connectivity index (χ1n) is 8.15. The summed E-state index contributed by atoms with van der Waals surface area (Å²) in [7, 11) is 0. The van der Waals surface area contributed by atoms with Crippen molar-refractivity contribution in [2.24, 2.45) is 5.92 Å². The highest BCUT2D eigenvalue weighted by Crippen LogP contribution is 2.36. The number of nitrogens with one attached hydrogen (secondary N) is 1. The number of nitrogens with zero attached hydrogens (tertiary/aromatic N) is 1. The fourth-order valence-electron chi connectivity index (χ4n) is 2.86. The molecule has 3 rings (SSSR count). The highest BCUT2D eigenvalue weighted by molar-refractivity contribution is 5.89. The topological polar surface area (TPSA) is 52.6 Å². The standard InChI is InChI=1S/C19H21FN2O2/c20-16-7-4-8-17(11-16)21-19(24)22(18(13-23)15-9-10-15)12-14-5-2-1-3-6-14/h1-8,11,15,18,23H,9-10,12-13H2,(H,21,24). The number of hydrogen-bond donors (Lipinski definition) is 2. The zero-order chi connectivity index (χ0) is 16.9. The van der Waals surface area contributed by atoms with Gasteiger partial charge in [-0.25, -0.2) is 9.18 Å². The second kappa shape index (κ2) is 7.45. The number of rotatable bonds is 6. The molecule has 0 saturated heterocycles. The minimum absolute atomic E-state index is 0.0753. The normalized spacial score (nSPS) is 14.9. The number of hydrogen-bond acceptors (Lipinski definition) is 2. The van der Waals surface area contributed by atoms with E-state index in [-0.39, 0.29) is 18.7 Å². The van der Waals surface area contributed by atoms with E-state index in [2.05, 4.69) is 5.32 Å². The summed E-state index contributed by atoms with van der Waals surface area (Å²) >= 11 is 0. The van der Waals surface area contributed by atoms with Crippen LogP contribution in [-0.4, -0.2) is 28.7 Å². The molecule has 0 bridgehead atoms. The van der Waals surface area contributed by atoms with Gasteiger partial charge in [0.25, 0.3) is 0 Å². The Morgan fingerprint density at radius 1 is 1.21 bits per heavy atom. The molecule has 0 aromatic heterocycles. The number of carbonyl (C=O) groups is 1. The van der Waals surface area contributed by atoms with Gasteiger partial charge in [-0.15, -0.1) is 0 Å². The van der Waals surface area contributed by atoms with Crippen LogP contribution < -0.4 is 5.32 Å². The molecule has 1 saturated carbocycles. The molecule has 5 heteroatoms. The summed E-state index contributed by atoms with van der Waals surface area (Å²) in [6.45, 7) is 0.331. The molecule has 0 aliphatic heterocycles. The third kappa shape index (κ3) is 4.11. The summed E-state index contributed by atoms with van der Waals surface area (Å²) in [5.41, 5.74) is 1.40. The molecule has 0 radical (unpaired) electrons. The highest BCUT2D eigenvalue weighted by Gasteiger charge is 2.37. The average Bonchev–Trinajstić information content (AvgIpc) is 3.40. The number of aliphatic hydroxyl groups is 1. The van der Waals surface area contributed by atoms with Crippen LogP contribution in [0.2, 0.25) is 0 Å². The van der Waals surface area contributed by atoms with Crippen molar-refractivity contribution in [2.75, 3.05) is 11.9 Å². The van der Waals surface area contributed by atoms with E-state index in [1.165, 1.54) is 12.1 Å². The fourth-order valence-corrected chi connectivity index (χ4v) is 2.86. The Bertz CT molecular complexity index is 689. The number of carbonyl (C=O) groups excluding carboxylic acids is 1. The van der Waals surface area contributed by atoms with Crippen LogP contribution in [-0.2, 0) is 6.54 Å². The second-order valence-corrected chi connectivity index (χ2v) is 6.14. The molecule has 0 spiro atoms. The number of amides is 2. The number of urea groups is 1. The first-order valence-corrected chi connectivity index (χ1v) is 8.15. The van der Waals surface area contributed by atoms with Crippen LogP contribution in [0.1, 0.15) is 18.4 Å². The van der Waals surface area contributed by atoms with E-state index >= 15 is 0 Å². The third-order valence-electron chi connectivity index (χ3n) is 4.29. The maximum atomic E-state index is 13.3. The van der Waals surface area contributed by atoms with Crippen molar-refractivity contribution in [2.45, 2.75) is 25.4 Å². The zero-order valence-corrected chi connectivity index (χ0v) is 13.4. The Labute approximate surface area is 140 Å². The number of halogens is 1. The lowest BCUT2D eigenvalue weighted by atomic mass is 10.1. The monoisotopic (exact) mass is 328 g/mol. The summed E-state index contributed by atoms with van der Waals surface area (Å²) in [5, 5.41) is 12.5. The number of aliphatic hydroxyl groups excluding tert-OH is 1. The van der Waals surface area contributed by atoms with Gasteiger partial charge in [-0.1, -0.05) is 36.4 Å². The molecule has 126 valence electrons. The molecule has 24 heavy (non-hydrogen) atoms. The van der Waals surface area contributed by atoms with Crippen molar-refractivity contribution < 1.29 is 14.3 Å². The minimum Gasteiger partial charge on any atom is -0.394 e. The Morgan fingerprint density at radius 3 is 2.58 bits per heavy atom. The third-order valence-corrected chi connectivity index (χ3v) is 4.29. The molecule has 2 N–H and O–H groups in total. The van der Waals surface area contributed by atoms with Crippen molar-refractivity contribution >= 4 is 11.7 Å². The lowest BCUT2D eigenvalue weighted by Gasteiger charge is -2.31. The molecule has 2 aromatic carbocycles. The lowest BCUT2D eigenvalue weighted by Crippen LogP contribution is -2.45. The molecular weight excluding hydrogens is 307 g/mol. The first-order chi connectivity index (χ1) is 11.7. The van der Waals surface area contributed by atoms with Gasteiger partial charge < -0.3 is 15.3 Å². The molecule has 1 unspecified atom stereocenters. The summed E-state index contributed by atoms with van der Waals surface area (Å²) in [6.07, 6.45) is 2.04. The van der Waals surface area contributed by atoms with Gasteiger partial charge in [0, 0.05) is 12.2 Å². The summed E-state index contributed by atoms with van der Waals surface area (Å²) in [5.74, 6) is -0.0692. The zero-order valence-electron chi connectivity index (χ0n) is 13.4. The molecule has 2 aromatic rings. The van der Waals surface area contributed by atoms with E-state index in [4.69, 9.17) is 0 Å².